The first-order valence-corrected chi connectivity index (χ1v) is 17.3. The Morgan fingerprint density at radius 2 is 0.922 bits per heavy atom. The van der Waals surface area contributed by atoms with Gasteiger partial charge in [-0.2, -0.15) is 0 Å². The highest BCUT2D eigenvalue weighted by Crippen LogP contribution is 2.40. The van der Waals surface area contributed by atoms with E-state index in [0.29, 0.717) is 0 Å². The number of benzene rings is 7. The van der Waals surface area contributed by atoms with Crippen LogP contribution in [0.3, 0.4) is 0 Å². The minimum atomic E-state index is 0.925. The van der Waals surface area contributed by atoms with E-state index in [1.807, 2.05) is 6.07 Å². The van der Waals surface area contributed by atoms with E-state index in [-0.39, 0.29) is 0 Å². The van der Waals surface area contributed by atoms with Gasteiger partial charge in [0.2, 0.25) is 0 Å². The predicted molar refractivity (Wildman–Crippen MR) is 213 cm³/mol. The maximum Gasteiger partial charge on any atom is 0.0789 e. The summed E-state index contributed by atoms with van der Waals surface area (Å²) in [7, 11) is 0. The molecule has 10 rings (SSSR count). The summed E-state index contributed by atoms with van der Waals surface area (Å²) in [5.74, 6) is 0. The Morgan fingerprint density at radius 3 is 1.71 bits per heavy atom. The first-order valence-electron chi connectivity index (χ1n) is 17.3. The van der Waals surface area contributed by atoms with Gasteiger partial charge in [-0.15, -0.1) is 0 Å². The molecular weight excluding hydrogens is 619 g/mol. The number of para-hydroxylation sites is 3. The van der Waals surface area contributed by atoms with E-state index in [1.165, 1.54) is 21.7 Å². The van der Waals surface area contributed by atoms with Crippen LogP contribution in [0.5, 0.6) is 0 Å². The van der Waals surface area contributed by atoms with Crippen molar-refractivity contribution >= 4 is 43.5 Å². The van der Waals surface area contributed by atoms with Crippen molar-refractivity contribution in [3.8, 4) is 50.6 Å². The van der Waals surface area contributed by atoms with Crippen molar-refractivity contribution in [2.45, 2.75) is 0 Å². The maximum atomic E-state index is 5.37. The molecule has 3 nitrogen and oxygen atoms in total. The molecule has 51 heavy (non-hydrogen) atoms. The van der Waals surface area contributed by atoms with E-state index in [1.54, 1.807) is 0 Å². The number of nitrogens with zero attached hydrogens (tertiary/aromatic N) is 3. The van der Waals surface area contributed by atoms with Crippen molar-refractivity contribution in [1.82, 2.24) is 14.5 Å². The van der Waals surface area contributed by atoms with Gasteiger partial charge >= 0.3 is 0 Å². The molecule has 0 aliphatic heterocycles. The van der Waals surface area contributed by atoms with Crippen LogP contribution in [-0.4, -0.2) is 14.5 Å². The van der Waals surface area contributed by atoms with Crippen LogP contribution in [0.15, 0.2) is 188 Å². The van der Waals surface area contributed by atoms with Crippen LogP contribution >= 0.6 is 0 Å². The van der Waals surface area contributed by atoms with Gasteiger partial charge in [0.05, 0.1) is 33.6 Å². The molecular formula is C48H31N3. The highest BCUT2D eigenvalue weighted by molar-refractivity contribution is 6.20. The molecule has 0 radical (unpaired) electrons. The topological polar surface area (TPSA) is 30.7 Å². The Bertz CT molecular complexity index is 2830. The normalized spacial score (nSPS) is 11.5. The second kappa shape index (κ2) is 11.9. The number of hydrogen-bond acceptors (Lipinski definition) is 2. The fourth-order valence-electron chi connectivity index (χ4n) is 7.55. The van der Waals surface area contributed by atoms with E-state index in [4.69, 9.17) is 9.97 Å². The molecule has 0 bridgehead atoms. The highest BCUT2D eigenvalue weighted by atomic mass is 15.0. The Hall–Kier alpha value is -6.84. The van der Waals surface area contributed by atoms with Crippen LogP contribution < -0.4 is 0 Å². The molecule has 0 atom stereocenters. The SMILES string of the molecule is c1ccc(-c2cc(-c3ccccc3)nc(-c3cccc(-c4nc5ccccc5c5cc6c7ccccc7n(-c7ccccc7)c6cc45)c3)c2)cc1. The fourth-order valence-corrected chi connectivity index (χ4v) is 7.55. The summed E-state index contributed by atoms with van der Waals surface area (Å²) in [5, 5.41) is 5.93. The zero-order chi connectivity index (χ0) is 33.7. The van der Waals surface area contributed by atoms with Crippen molar-refractivity contribution in [3.63, 3.8) is 0 Å². The van der Waals surface area contributed by atoms with Gasteiger partial charge < -0.3 is 4.57 Å². The van der Waals surface area contributed by atoms with Crippen molar-refractivity contribution in [2.75, 3.05) is 0 Å². The molecule has 0 N–H and O–H groups in total. The molecule has 3 aromatic heterocycles. The monoisotopic (exact) mass is 649 g/mol. The summed E-state index contributed by atoms with van der Waals surface area (Å²) in [6.07, 6.45) is 0. The third-order valence-electron chi connectivity index (χ3n) is 9.94. The Morgan fingerprint density at radius 1 is 0.314 bits per heavy atom. The van der Waals surface area contributed by atoms with Crippen molar-refractivity contribution in [3.05, 3.63) is 188 Å². The molecule has 0 saturated heterocycles. The summed E-state index contributed by atoms with van der Waals surface area (Å²) >= 11 is 0. The van der Waals surface area contributed by atoms with Crippen LogP contribution in [0.25, 0.3) is 94.1 Å². The van der Waals surface area contributed by atoms with Crippen LogP contribution in [0.1, 0.15) is 0 Å². The van der Waals surface area contributed by atoms with Crippen LogP contribution in [0.2, 0.25) is 0 Å². The number of hydrogen-bond donors (Lipinski definition) is 0. The van der Waals surface area contributed by atoms with Gasteiger partial charge in [-0.1, -0.05) is 133 Å². The van der Waals surface area contributed by atoms with E-state index < -0.39 is 0 Å². The molecule has 0 aliphatic carbocycles. The quantitative estimate of drug-likeness (QED) is 0.174. The first-order chi connectivity index (χ1) is 25.3. The predicted octanol–water partition coefficient (Wildman–Crippen LogP) is 12.5. The van der Waals surface area contributed by atoms with Gasteiger partial charge in [-0.25, -0.2) is 9.97 Å². The molecule has 0 saturated carbocycles. The zero-order valence-electron chi connectivity index (χ0n) is 27.7. The summed E-state index contributed by atoms with van der Waals surface area (Å²) in [4.78, 5) is 10.6. The number of pyridine rings is 2. The summed E-state index contributed by atoms with van der Waals surface area (Å²) < 4.78 is 2.38. The highest BCUT2D eigenvalue weighted by Gasteiger charge is 2.18. The van der Waals surface area contributed by atoms with Crippen molar-refractivity contribution in [2.24, 2.45) is 0 Å². The van der Waals surface area contributed by atoms with Crippen LogP contribution in [0, 0.1) is 0 Å². The lowest BCUT2D eigenvalue weighted by Gasteiger charge is -2.14. The van der Waals surface area contributed by atoms with Gasteiger partial charge in [0.1, 0.15) is 0 Å². The molecule has 10 aromatic rings. The average Bonchev–Trinajstić information content (AvgIpc) is 3.54. The summed E-state index contributed by atoms with van der Waals surface area (Å²) in [6, 6.07) is 66.6. The van der Waals surface area contributed by atoms with Gasteiger partial charge in [0, 0.05) is 43.9 Å². The summed E-state index contributed by atoms with van der Waals surface area (Å²) in [5.41, 5.74) is 12.8. The van der Waals surface area contributed by atoms with E-state index in [9.17, 15) is 0 Å². The Kier molecular flexibility index (Phi) is 6.81. The molecule has 7 aromatic carbocycles. The zero-order valence-corrected chi connectivity index (χ0v) is 27.7. The molecule has 3 heteroatoms. The molecule has 0 amide bonds. The molecule has 0 spiro atoms. The fraction of sp³-hybridized carbons (Fsp3) is 0. The van der Waals surface area contributed by atoms with Gasteiger partial charge in [-0.3, -0.25) is 0 Å². The largest absolute Gasteiger partial charge is 0.309 e. The Balaban J connectivity index is 1.23. The van der Waals surface area contributed by atoms with Crippen molar-refractivity contribution < 1.29 is 0 Å². The molecule has 3 heterocycles. The number of aromatic nitrogens is 3. The van der Waals surface area contributed by atoms with Gasteiger partial charge in [-0.05, 0) is 71.1 Å². The standard InChI is InChI=1S/C48H31N3/c1-4-15-32(16-5-1)36-28-44(33-17-6-2-7-18-33)49-45(29-36)34-19-14-20-35(27-34)48-42-31-47-41(30-40(42)38-23-10-12-25-43(38)50-48)39-24-11-13-26-46(39)51(47)37-21-8-3-9-22-37/h1-31H. The maximum absolute atomic E-state index is 5.37. The molecule has 0 unspecified atom stereocenters. The smallest absolute Gasteiger partial charge is 0.0789 e. The van der Waals surface area contributed by atoms with E-state index >= 15 is 0 Å². The molecule has 0 fully saturated rings. The first kappa shape index (κ1) is 29.1. The molecule has 0 aliphatic rings. The third-order valence-corrected chi connectivity index (χ3v) is 9.94. The number of rotatable bonds is 5. The molecule has 238 valence electrons. The minimum absolute atomic E-state index is 0.925. The lowest BCUT2D eigenvalue weighted by molar-refractivity contribution is 1.18. The van der Waals surface area contributed by atoms with E-state index in [2.05, 4.69) is 187 Å². The lowest BCUT2D eigenvalue weighted by atomic mass is 9.96. The number of fused-ring (bicyclic) bond motifs is 6. The van der Waals surface area contributed by atoms with Crippen LogP contribution in [0.4, 0.5) is 0 Å². The van der Waals surface area contributed by atoms with Gasteiger partial charge in [0.25, 0.3) is 0 Å². The van der Waals surface area contributed by atoms with Crippen molar-refractivity contribution in [1.29, 1.82) is 0 Å². The average molecular weight is 650 g/mol. The second-order valence-corrected chi connectivity index (χ2v) is 13.0. The summed E-state index contributed by atoms with van der Waals surface area (Å²) in [6.45, 7) is 0. The third kappa shape index (κ3) is 4.98. The Labute approximate surface area is 295 Å². The van der Waals surface area contributed by atoms with Gasteiger partial charge in [0.15, 0.2) is 0 Å². The van der Waals surface area contributed by atoms with Crippen LogP contribution in [-0.2, 0) is 0 Å². The second-order valence-electron chi connectivity index (χ2n) is 13.0. The van der Waals surface area contributed by atoms with E-state index in [0.717, 1.165) is 72.4 Å². The lowest BCUT2D eigenvalue weighted by Crippen LogP contribution is -1.95. The minimum Gasteiger partial charge on any atom is -0.309 e.